The summed E-state index contributed by atoms with van der Waals surface area (Å²) in [4.78, 5) is 23.2. The van der Waals surface area contributed by atoms with Crippen LogP contribution in [0.5, 0.6) is 6.01 Å². The van der Waals surface area contributed by atoms with Gasteiger partial charge in [0.25, 0.3) is 5.91 Å². The number of carbonyl (C=O) groups is 1. The maximum atomic E-state index is 13.1. The second kappa shape index (κ2) is 8.10. The van der Waals surface area contributed by atoms with Crippen molar-refractivity contribution in [1.82, 2.24) is 24.6 Å². The van der Waals surface area contributed by atoms with Gasteiger partial charge in [0.2, 0.25) is 0 Å². The van der Waals surface area contributed by atoms with Crippen molar-refractivity contribution >= 4 is 21.8 Å². The van der Waals surface area contributed by atoms with Crippen molar-refractivity contribution in [1.29, 1.82) is 0 Å². The average molecular weight is 442 g/mol. The molecule has 0 aliphatic carbocycles. The number of halogens is 1. The Balaban J connectivity index is 1.47. The Morgan fingerprint density at radius 1 is 1.18 bits per heavy atom. The SMILES string of the molecule is Cc1c(C(=O)N2CCC[C@H](Oc3ncc(Br)cn3)C2)cnn1-c1ccccc1. The summed E-state index contributed by atoms with van der Waals surface area (Å²) in [5.74, 6) is -0.0234. The van der Waals surface area contributed by atoms with Crippen LogP contribution in [0, 0.1) is 6.92 Å². The van der Waals surface area contributed by atoms with Crippen molar-refractivity contribution in [2.75, 3.05) is 13.1 Å². The van der Waals surface area contributed by atoms with Gasteiger partial charge in [-0.05, 0) is 47.8 Å². The molecule has 1 fully saturated rings. The van der Waals surface area contributed by atoms with Crippen LogP contribution in [0.4, 0.5) is 0 Å². The van der Waals surface area contributed by atoms with Gasteiger partial charge in [0, 0.05) is 18.9 Å². The van der Waals surface area contributed by atoms with Crippen molar-refractivity contribution in [3.8, 4) is 11.7 Å². The Bertz CT molecular complexity index is 958. The molecule has 3 aromatic rings. The summed E-state index contributed by atoms with van der Waals surface area (Å²) in [6.07, 6.45) is 6.56. The van der Waals surface area contributed by atoms with Crippen LogP contribution in [0.25, 0.3) is 5.69 Å². The largest absolute Gasteiger partial charge is 0.458 e. The maximum Gasteiger partial charge on any atom is 0.316 e. The molecule has 7 nitrogen and oxygen atoms in total. The Labute approximate surface area is 171 Å². The second-order valence-corrected chi connectivity index (χ2v) is 7.62. The van der Waals surface area contributed by atoms with Gasteiger partial charge in [-0.25, -0.2) is 14.6 Å². The van der Waals surface area contributed by atoms with Crippen molar-refractivity contribution in [3.63, 3.8) is 0 Å². The molecule has 0 N–H and O–H groups in total. The van der Waals surface area contributed by atoms with Crippen molar-refractivity contribution in [3.05, 3.63) is 64.7 Å². The highest BCUT2D eigenvalue weighted by atomic mass is 79.9. The molecule has 1 saturated heterocycles. The van der Waals surface area contributed by atoms with Crippen LogP contribution in [0.3, 0.4) is 0 Å². The van der Waals surface area contributed by atoms with E-state index in [9.17, 15) is 4.79 Å². The molecule has 1 aromatic carbocycles. The van der Waals surface area contributed by atoms with Crippen LogP contribution < -0.4 is 4.74 Å². The Morgan fingerprint density at radius 2 is 1.93 bits per heavy atom. The van der Waals surface area contributed by atoms with Gasteiger partial charge in [-0.1, -0.05) is 18.2 Å². The van der Waals surface area contributed by atoms with E-state index >= 15 is 0 Å². The van der Waals surface area contributed by atoms with E-state index in [0.29, 0.717) is 24.7 Å². The molecule has 4 rings (SSSR count). The van der Waals surface area contributed by atoms with Gasteiger partial charge in [0.05, 0.1) is 34.2 Å². The van der Waals surface area contributed by atoms with Crippen LogP contribution in [0.2, 0.25) is 0 Å². The van der Waals surface area contributed by atoms with E-state index < -0.39 is 0 Å². The molecule has 3 heterocycles. The highest BCUT2D eigenvalue weighted by Gasteiger charge is 2.28. The van der Waals surface area contributed by atoms with E-state index in [1.807, 2.05) is 42.2 Å². The normalized spacial score (nSPS) is 16.8. The van der Waals surface area contributed by atoms with Gasteiger partial charge in [-0.3, -0.25) is 4.79 Å². The summed E-state index contributed by atoms with van der Waals surface area (Å²) >= 11 is 3.31. The van der Waals surface area contributed by atoms with Crippen LogP contribution in [-0.2, 0) is 0 Å². The lowest BCUT2D eigenvalue weighted by molar-refractivity contribution is 0.0515. The van der Waals surface area contributed by atoms with Crippen molar-refractivity contribution < 1.29 is 9.53 Å². The lowest BCUT2D eigenvalue weighted by Crippen LogP contribution is -2.44. The number of rotatable bonds is 4. The minimum absolute atomic E-state index is 0.0234. The summed E-state index contributed by atoms with van der Waals surface area (Å²) in [5, 5.41) is 4.41. The first-order valence-corrected chi connectivity index (χ1v) is 9.94. The standard InChI is InChI=1S/C20H20BrN5O2/c1-14-18(12-24-26(14)16-6-3-2-4-7-16)19(27)25-9-5-8-17(13-25)28-20-22-10-15(21)11-23-20/h2-4,6-7,10-12,17H,5,8-9,13H2,1H3/t17-/m0/s1. The number of piperidine rings is 1. The Morgan fingerprint density at radius 3 is 2.68 bits per heavy atom. The van der Waals surface area contributed by atoms with E-state index in [4.69, 9.17) is 4.74 Å². The number of hydrogen-bond acceptors (Lipinski definition) is 5. The minimum Gasteiger partial charge on any atom is -0.458 e. The van der Waals surface area contributed by atoms with Crippen LogP contribution in [0.15, 0.2) is 53.4 Å². The molecule has 0 radical (unpaired) electrons. The van der Waals surface area contributed by atoms with Gasteiger partial charge in [-0.15, -0.1) is 0 Å². The fraction of sp³-hybridized carbons (Fsp3) is 0.300. The Hall–Kier alpha value is -2.74. The summed E-state index contributed by atoms with van der Waals surface area (Å²) < 4.78 is 8.46. The van der Waals surface area contributed by atoms with E-state index in [-0.39, 0.29) is 12.0 Å². The third-order valence-electron chi connectivity index (χ3n) is 4.78. The molecule has 0 saturated carbocycles. The first-order valence-electron chi connectivity index (χ1n) is 9.15. The summed E-state index contributed by atoms with van der Waals surface area (Å²) in [5.41, 5.74) is 2.38. The molecule has 1 atom stereocenters. The second-order valence-electron chi connectivity index (χ2n) is 6.71. The zero-order valence-electron chi connectivity index (χ0n) is 15.5. The van der Waals surface area contributed by atoms with E-state index in [0.717, 1.165) is 28.7 Å². The van der Waals surface area contributed by atoms with Gasteiger partial charge in [0.1, 0.15) is 6.10 Å². The molecule has 2 aromatic heterocycles. The molecule has 0 unspecified atom stereocenters. The highest BCUT2D eigenvalue weighted by molar-refractivity contribution is 9.10. The van der Waals surface area contributed by atoms with Gasteiger partial charge in [0.15, 0.2) is 0 Å². The third kappa shape index (κ3) is 3.91. The number of carbonyl (C=O) groups excluding carboxylic acids is 1. The first kappa shape index (κ1) is 18.6. The molecule has 0 bridgehead atoms. The minimum atomic E-state index is -0.122. The molecular weight excluding hydrogens is 422 g/mol. The molecule has 1 aliphatic rings. The summed E-state index contributed by atoms with van der Waals surface area (Å²) in [7, 11) is 0. The molecule has 28 heavy (non-hydrogen) atoms. The highest BCUT2D eigenvalue weighted by Crippen LogP contribution is 2.20. The molecular formula is C20H20BrN5O2. The average Bonchev–Trinajstić information content (AvgIpc) is 3.11. The number of ether oxygens (including phenoxy) is 1. The number of nitrogens with zero attached hydrogens (tertiary/aromatic N) is 5. The maximum absolute atomic E-state index is 13.1. The molecule has 8 heteroatoms. The number of aromatic nitrogens is 4. The lowest BCUT2D eigenvalue weighted by atomic mass is 10.1. The van der Waals surface area contributed by atoms with E-state index in [2.05, 4.69) is 31.0 Å². The lowest BCUT2D eigenvalue weighted by Gasteiger charge is -2.32. The topological polar surface area (TPSA) is 73.1 Å². The van der Waals surface area contributed by atoms with Gasteiger partial charge < -0.3 is 9.64 Å². The number of para-hydroxylation sites is 1. The number of hydrogen-bond donors (Lipinski definition) is 0. The van der Waals surface area contributed by atoms with Crippen molar-refractivity contribution in [2.24, 2.45) is 0 Å². The number of benzene rings is 1. The number of amides is 1. The first-order chi connectivity index (χ1) is 13.6. The zero-order chi connectivity index (χ0) is 19.5. The van der Waals surface area contributed by atoms with E-state index in [1.165, 1.54) is 0 Å². The summed E-state index contributed by atoms with van der Waals surface area (Å²) in [6.45, 7) is 3.13. The van der Waals surface area contributed by atoms with E-state index in [1.54, 1.807) is 23.3 Å². The summed E-state index contributed by atoms with van der Waals surface area (Å²) in [6, 6.07) is 10.1. The predicted octanol–water partition coefficient (Wildman–Crippen LogP) is 3.42. The van der Waals surface area contributed by atoms with Crippen LogP contribution >= 0.6 is 15.9 Å². The fourth-order valence-electron chi connectivity index (χ4n) is 3.35. The molecule has 1 aliphatic heterocycles. The predicted molar refractivity (Wildman–Crippen MR) is 108 cm³/mol. The Kier molecular flexibility index (Phi) is 5.38. The smallest absolute Gasteiger partial charge is 0.316 e. The molecule has 1 amide bonds. The van der Waals surface area contributed by atoms with Gasteiger partial charge in [-0.2, -0.15) is 5.10 Å². The van der Waals surface area contributed by atoms with Crippen LogP contribution in [-0.4, -0.2) is 49.7 Å². The molecule has 144 valence electrons. The quantitative estimate of drug-likeness (QED) is 0.619. The third-order valence-corrected chi connectivity index (χ3v) is 5.18. The zero-order valence-corrected chi connectivity index (χ0v) is 17.0. The fourth-order valence-corrected chi connectivity index (χ4v) is 3.55. The monoisotopic (exact) mass is 441 g/mol. The van der Waals surface area contributed by atoms with Crippen molar-refractivity contribution in [2.45, 2.75) is 25.9 Å². The number of likely N-dealkylation sites (tertiary alicyclic amines) is 1. The van der Waals surface area contributed by atoms with Crippen LogP contribution in [0.1, 0.15) is 28.9 Å². The van der Waals surface area contributed by atoms with Gasteiger partial charge >= 0.3 is 6.01 Å². The molecule has 0 spiro atoms.